The minimum Gasteiger partial charge on any atom is -0.0985 e. The Labute approximate surface area is 243 Å². The summed E-state index contributed by atoms with van der Waals surface area (Å²) in [5.74, 6) is 0. The SMILES string of the molecule is C=Cc1ccc(C23CC4(C)CC(C)(C2)CC(C25CC6(C)CC(C)(CC(c7ccc(C=C)cc7)(C6)C2)C5)(C4)C3)cc1. The van der Waals surface area contributed by atoms with Crippen molar-refractivity contribution in [3.8, 4) is 0 Å². The highest BCUT2D eigenvalue weighted by Gasteiger charge is 2.76. The van der Waals surface area contributed by atoms with Crippen LogP contribution in [0.4, 0.5) is 0 Å². The predicted molar refractivity (Wildman–Crippen MR) is 169 cm³/mol. The van der Waals surface area contributed by atoms with Gasteiger partial charge >= 0.3 is 0 Å². The Balaban J connectivity index is 1.29. The molecule has 10 rings (SSSR count). The molecule has 4 atom stereocenters. The van der Waals surface area contributed by atoms with Crippen LogP contribution in [0, 0.1) is 32.5 Å². The maximum atomic E-state index is 4.04. The smallest absolute Gasteiger partial charge is 0.00311 e. The first-order valence-corrected chi connectivity index (χ1v) is 16.3. The van der Waals surface area contributed by atoms with E-state index in [2.05, 4.69) is 89.4 Å². The largest absolute Gasteiger partial charge is 0.0985 e. The van der Waals surface area contributed by atoms with E-state index in [1.165, 1.54) is 88.2 Å². The van der Waals surface area contributed by atoms with Gasteiger partial charge in [-0.1, -0.05) is 102 Å². The fraction of sp³-hybridized carbons (Fsp3) is 0.600. The third kappa shape index (κ3) is 3.32. The standard InChI is InChI=1S/C40H50/c1-7-29-9-13-31(14-10-29)37-19-33(3)17-34(4,20-37)24-39(23-33,27-37)40-25-35(5)18-36(6,26-40)22-38(21-35,28-40)32-15-11-30(8-2)12-16-32/h7-16H,1-2,17-28H2,3-6H3. The van der Waals surface area contributed by atoms with Crippen LogP contribution in [0.2, 0.25) is 0 Å². The molecule has 2 aromatic carbocycles. The molecular formula is C40H50. The summed E-state index contributed by atoms with van der Waals surface area (Å²) in [5, 5.41) is 0. The highest BCUT2D eigenvalue weighted by molar-refractivity contribution is 5.50. The second-order valence-corrected chi connectivity index (χ2v) is 18.1. The van der Waals surface area contributed by atoms with Crippen molar-refractivity contribution in [1.82, 2.24) is 0 Å². The molecule has 0 saturated heterocycles. The van der Waals surface area contributed by atoms with Crippen LogP contribution >= 0.6 is 0 Å². The molecule has 40 heavy (non-hydrogen) atoms. The third-order valence-corrected chi connectivity index (χ3v) is 13.8. The average Bonchev–Trinajstić information content (AvgIpc) is 2.84. The first kappa shape index (κ1) is 25.6. The fourth-order valence-corrected chi connectivity index (χ4v) is 15.1. The number of hydrogen-bond acceptors (Lipinski definition) is 0. The van der Waals surface area contributed by atoms with E-state index in [9.17, 15) is 0 Å². The van der Waals surface area contributed by atoms with Crippen molar-refractivity contribution in [2.24, 2.45) is 32.5 Å². The Kier molecular flexibility index (Phi) is 4.78. The molecule has 8 bridgehead atoms. The topological polar surface area (TPSA) is 0 Å². The molecule has 0 aliphatic heterocycles. The van der Waals surface area contributed by atoms with E-state index in [1.54, 1.807) is 11.1 Å². The molecule has 8 aliphatic rings. The van der Waals surface area contributed by atoms with Crippen LogP contribution in [0.3, 0.4) is 0 Å². The van der Waals surface area contributed by atoms with E-state index in [1.807, 2.05) is 12.2 Å². The van der Waals surface area contributed by atoms with Crippen LogP contribution in [0.15, 0.2) is 61.7 Å². The minimum atomic E-state index is 0.335. The van der Waals surface area contributed by atoms with Crippen molar-refractivity contribution in [3.05, 3.63) is 83.9 Å². The molecular weight excluding hydrogens is 480 g/mol. The summed E-state index contributed by atoms with van der Waals surface area (Å²) in [4.78, 5) is 0. The van der Waals surface area contributed by atoms with E-state index >= 15 is 0 Å². The zero-order chi connectivity index (χ0) is 27.9. The van der Waals surface area contributed by atoms with Gasteiger partial charge in [-0.15, -0.1) is 0 Å². The second kappa shape index (κ2) is 7.46. The molecule has 0 spiro atoms. The molecule has 4 unspecified atom stereocenters. The van der Waals surface area contributed by atoms with Crippen molar-refractivity contribution in [2.75, 3.05) is 0 Å². The highest BCUT2D eigenvalue weighted by Crippen LogP contribution is 2.85. The van der Waals surface area contributed by atoms with Crippen molar-refractivity contribution in [2.45, 2.75) is 116 Å². The van der Waals surface area contributed by atoms with Gasteiger partial charge in [0, 0.05) is 0 Å². The maximum absolute atomic E-state index is 4.04. The molecule has 210 valence electrons. The first-order chi connectivity index (χ1) is 18.8. The Morgan fingerprint density at radius 1 is 0.425 bits per heavy atom. The van der Waals surface area contributed by atoms with Crippen LogP contribution < -0.4 is 0 Å². The first-order valence-electron chi connectivity index (χ1n) is 16.3. The Bertz CT molecular complexity index is 1260. The number of rotatable bonds is 5. The second-order valence-electron chi connectivity index (χ2n) is 18.1. The van der Waals surface area contributed by atoms with Gasteiger partial charge in [0.2, 0.25) is 0 Å². The Hall–Kier alpha value is -2.08. The van der Waals surface area contributed by atoms with Gasteiger partial charge in [0.15, 0.2) is 0 Å². The predicted octanol–water partition coefficient (Wildman–Crippen LogP) is 10.9. The number of hydrogen-bond donors (Lipinski definition) is 0. The summed E-state index contributed by atoms with van der Waals surface area (Å²) in [6.07, 6.45) is 21.2. The highest BCUT2D eigenvalue weighted by atomic mass is 14.8. The van der Waals surface area contributed by atoms with Crippen molar-refractivity contribution in [1.29, 1.82) is 0 Å². The van der Waals surface area contributed by atoms with E-state index in [-0.39, 0.29) is 0 Å². The Morgan fingerprint density at radius 2 is 0.725 bits per heavy atom. The van der Waals surface area contributed by atoms with E-state index in [0.717, 1.165) is 0 Å². The van der Waals surface area contributed by atoms with E-state index < -0.39 is 0 Å². The van der Waals surface area contributed by atoms with Gasteiger partial charge < -0.3 is 0 Å². The number of benzene rings is 2. The molecule has 8 saturated carbocycles. The molecule has 8 aliphatic carbocycles. The lowest BCUT2D eigenvalue weighted by Crippen LogP contribution is -2.71. The van der Waals surface area contributed by atoms with Gasteiger partial charge in [-0.2, -0.15) is 0 Å². The van der Waals surface area contributed by atoms with Gasteiger partial charge in [0.1, 0.15) is 0 Å². The molecule has 0 nitrogen and oxygen atoms in total. The summed E-state index contributed by atoms with van der Waals surface area (Å²) in [6, 6.07) is 19.3. The summed E-state index contributed by atoms with van der Waals surface area (Å²) in [7, 11) is 0. The molecule has 0 heterocycles. The van der Waals surface area contributed by atoms with Gasteiger partial charge in [-0.3, -0.25) is 0 Å². The lowest BCUT2D eigenvalue weighted by atomic mass is 9.24. The fourth-order valence-electron chi connectivity index (χ4n) is 15.1. The van der Waals surface area contributed by atoms with Crippen molar-refractivity contribution in [3.63, 3.8) is 0 Å². The summed E-state index contributed by atoms with van der Waals surface area (Å²) >= 11 is 0. The normalized spacial score (nSPS) is 49.8. The molecule has 0 N–H and O–H groups in total. The van der Waals surface area contributed by atoms with Crippen LogP contribution in [-0.2, 0) is 10.8 Å². The summed E-state index contributed by atoms with van der Waals surface area (Å²) in [5.41, 5.74) is 9.22. The zero-order valence-corrected chi connectivity index (χ0v) is 25.7. The molecule has 2 aromatic rings. The summed E-state index contributed by atoms with van der Waals surface area (Å²) in [6.45, 7) is 18.9. The van der Waals surface area contributed by atoms with Gasteiger partial charge in [0.25, 0.3) is 0 Å². The van der Waals surface area contributed by atoms with Crippen LogP contribution in [-0.4, -0.2) is 0 Å². The molecule has 8 fully saturated rings. The van der Waals surface area contributed by atoms with Crippen LogP contribution in [0.25, 0.3) is 12.2 Å². The maximum Gasteiger partial charge on any atom is -0.00311 e. The Morgan fingerprint density at radius 3 is 1.00 bits per heavy atom. The van der Waals surface area contributed by atoms with Crippen LogP contribution in [0.1, 0.15) is 127 Å². The van der Waals surface area contributed by atoms with E-state index in [0.29, 0.717) is 43.3 Å². The molecule has 0 radical (unpaired) electrons. The third-order valence-electron chi connectivity index (χ3n) is 13.8. The van der Waals surface area contributed by atoms with Crippen LogP contribution in [0.5, 0.6) is 0 Å². The lowest BCUT2D eigenvalue weighted by Gasteiger charge is -2.80. The zero-order valence-electron chi connectivity index (χ0n) is 25.7. The average molecular weight is 531 g/mol. The molecule has 0 amide bonds. The van der Waals surface area contributed by atoms with Crippen molar-refractivity contribution >= 4 is 12.2 Å². The van der Waals surface area contributed by atoms with E-state index in [4.69, 9.17) is 0 Å². The van der Waals surface area contributed by atoms with Gasteiger partial charge in [0.05, 0.1) is 0 Å². The lowest BCUT2D eigenvalue weighted by molar-refractivity contribution is -0.275. The molecule has 0 heteroatoms. The summed E-state index contributed by atoms with van der Waals surface area (Å²) < 4.78 is 0. The minimum absolute atomic E-state index is 0.335. The van der Waals surface area contributed by atoms with Gasteiger partial charge in [-0.25, -0.2) is 0 Å². The monoisotopic (exact) mass is 530 g/mol. The van der Waals surface area contributed by atoms with Gasteiger partial charge in [-0.05, 0) is 143 Å². The molecule has 0 aromatic heterocycles. The van der Waals surface area contributed by atoms with Crippen molar-refractivity contribution < 1.29 is 0 Å². The quantitative estimate of drug-likeness (QED) is 0.360.